The van der Waals surface area contributed by atoms with Crippen molar-refractivity contribution in [3.8, 4) is 0 Å². The molecule has 0 unspecified atom stereocenters. The molecule has 3 aromatic carbocycles. The molecule has 1 atom stereocenters. The van der Waals surface area contributed by atoms with E-state index in [1.54, 1.807) is 19.1 Å². The lowest BCUT2D eigenvalue weighted by Gasteiger charge is -2.34. The van der Waals surface area contributed by atoms with Crippen molar-refractivity contribution in [2.75, 3.05) is 10.8 Å². The zero-order valence-corrected chi connectivity index (χ0v) is 23.8. The smallest absolute Gasteiger partial charge is 0.264 e. The van der Waals surface area contributed by atoms with Crippen molar-refractivity contribution >= 4 is 27.5 Å². The van der Waals surface area contributed by atoms with Crippen LogP contribution < -0.4 is 9.62 Å². The second kappa shape index (κ2) is 12.4. The molecule has 3 aromatic rings. The van der Waals surface area contributed by atoms with Crippen LogP contribution in [0.25, 0.3) is 0 Å². The highest BCUT2D eigenvalue weighted by Crippen LogP contribution is 2.25. The number of sulfonamides is 1. The molecule has 0 aliphatic carbocycles. The predicted molar refractivity (Wildman–Crippen MR) is 151 cm³/mol. The van der Waals surface area contributed by atoms with E-state index in [9.17, 15) is 22.4 Å². The Morgan fingerprint density at radius 1 is 0.923 bits per heavy atom. The summed E-state index contributed by atoms with van der Waals surface area (Å²) >= 11 is 0. The topological polar surface area (TPSA) is 86.8 Å². The van der Waals surface area contributed by atoms with Gasteiger partial charge in [-0.2, -0.15) is 0 Å². The molecule has 0 aliphatic heterocycles. The summed E-state index contributed by atoms with van der Waals surface area (Å²) in [5, 5.41) is 2.94. The van der Waals surface area contributed by atoms with Gasteiger partial charge in [0.25, 0.3) is 10.0 Å². The van der Waals surface area contributed by atoms with Crippen molar-refractivity contribution in [2.24, 2.45) is 0 Å². The molecule has 0 radical (unpaired) electrons. The monoisotopic (exact) mass is 553 g/mol. The quantitative estimate of drug-likeness (QED) is 0.381. The van der Waals surface area contributed by atoms with Crippen molar-refractivity contribution in [3.63, 3.8) is 0 Å². The zero-order valence-electron chi connectivity index (χ0n) is 23.0. The van der Waals surface area contributed by atoms with Gasteiger partial charge in [-0.25, -0.2) is 12.8 Å². The van der Waals surface area contributed by atoms with Crippen molar-refractivity contribution in [3.05, 3.63) is 95.8 Å². The van der Waals surface area contributed by atoms with Gasteiger partial charge in [0.1, 0.15) is 18.4 Å². The Labute approximate surface area is 230 Å². The van der Waals surface area contributed by atoms with E-state index in [1.807, 2.05) is 58.0 Å². The number of benzene rings is 3. The average Bonchev–Trinajstić information content (AvgIpc) is 2.87. The second-order valence-electron chi connectivity index (χ2n) is 10.5. The van der Waals surface area contributed by atoms with E-state index >= 15 is 0 Å². The van der Waals surface area contributed by atoms with E-state index in [-0.39, 0.29) is 23.0 Å². The van der Waals surface area contributed by atoms with Crippen LogP contribution in [0.4, 0.5) is 10.1 Å². The van der Waals surface area contributed by atoms with Gasteiger partial charge in [-0.1, -0.05) is 55.0 Å². The Hall–Kier alpha value is -3.72. The van der Waals surface area contributed by atoms with Crippen LogP contribution >= 0.6 is 0 Å². The van der Waals surface area contributed by atoms with Crippen LogP contribution in [-0.4, -0.2) is 43.3 Å². The molecule has 0 bridgehead atoms. The summed E-state index contributed by atoms with van der Waals surface area (Å²) in [7, 11) is -4.20. The van der Waals surface area contributed by atoms with E-state index < -0.39 is 39.9 Å². The molecule has 7 nitrogen and oxygen atoms in total. The highest BCUT2D eigenvalue weighted by Gasteiger charge is 2.34. The highest BCUT2D eigenvalue weighted by molar-refractivity contribution is 7.92. The summed E-state index contributed by atoms with van der Waals surface area (Å²) in [4.78, 5) is 28.7. The molecule has 0 aliphatic rings. The molecule has 0 heterocycles. The minimum absolute atomic E-state index is 0.00245. The van der Waals surface area contributed by atoms with E-state index in [0.29, 0.717) is 6.42 Å². The summed E-state index contributed by atoms with van der Waals surface area (Å²) in [5.74, 6) is -1.42. The summed E-state index contributed by atoms with van der Waals surface area (Å²) < 4.78 is 42.3. The number of hydrogen-bond acceptors (Lipinski definition) is 4. The van der Waals surface area contributed by atoms with E-state index in [1.165, 1.54) is 29.2 Å². The molecule has 0 fully saturated rings. The molecular weight excluding hydrogens is 517 g/mol. The molecule has 0 spiro atoms. The molecule has 208 valence electrons. The molecule has 2 amide bonds. The molecule has 9 heteroatoms. The van der Waals surface area contributed by atoms with Crippen LogP contribution in [-0.2, 0) is 26.2 Å². The van der Waals surface area contributed by atoms with Gasteiger partial charge in [-0.3, -0.25) is 13.9 Å². The zero-order chi connectivity index (χ0) is 28.8. The Morgan fingerprint density at radius 3 is 2.05 bits per heavy atom. The molecular formula is C30H36FN3O4S. The van der Waals surface area contributed by atoms with Gasteiger partial charge < -0.3 is 10.2 Å². The van der Waals surface area contributed by atoms with E-state index in [0.717, 1.165) is 27.6 Å². The molecule has 0 saturated carbocycles. The first-order valence-electron chi connectivity index (χ1n) is 12.8. The van der Waals surface area contributed by atoms with Crippen molar-refractivity contribution in [1.29, 1.82) is 0 Å². The van der Waals surface area contributed by atoms with Crippen LogP contribution in [0.5, 0.6) is 0 Å². The number of halogens is 1. The van der Waals surface area contributed by atoms with Gasteiger partial charge in [-0.05, 0) is 76.1 Å². The van der Waals surface area contributed by atoms with Gasteiger partial charge in [0.2, 0.25) is 11.8 Å². The number of nitrogens with one attached hydrogen (secondary N) is 1. The molecule has 0 aromatic heterocycles. The maximum Gasteiger partial charge on any atom is 0.264 e. The van der Waals surface area contributed by atoms with Gasteiger partial charge in [-0.15, -0.1) is 0 Å². The third-order valence-electron chi connectivity index (χ3n) is 6.08. The molecule has 1 N–H and O–H groups in total. The predicted octanol–water partition coefficient (Wildman–Crippen LogP) is 5.05. The summed E-state index contributed by atoms with van der Waals surface area (Å²) in [6.07, 6.45) is 0.321. The second-order valence-corrected chi connectivity index (χ2v) is 12.3. The lowest BCUT2D eigenvalue weighted by molar-refractivity contribution is -0.141. The number of carbonyl (C=O) groups excluding carboxylic acids is 2. The first-order valence-corrected chi connectivity index (χ1v) is 14.3. The van der Waals surface area contributed by atoms with Crippen molar-refractivity contribution in [1.82, 2.24) is 10.2 Å². The number of nitrogens with zero attached hydrogens (tertiary/aromatic N) is 2. The van der Waals surface area contributed by atoms with Crippen LogP contribution in [0.3, 0.4) is 0 Å². The summed E-state index contributed by atoms with van der Waals surface area (Å²) in [6, 6.07) is 19.6. The third kappa shape index (κ3) is 7.89. The van der Waals surface area contributed by atoms with Gasteiger partial charge >= 0.3 is 0 Å². The average molecular weight is 554 g/mol. The largest absolute Gasteiger partial charge is 0.350 e. The minimum Gasteiger partial charge on any atom is -0.350 e. The standard InChI is InChI=1S/C30H36FN3O4S/c1-6-27(29(36)32-30(3,4)5)33(20-23-10-8-7-9-11-23)28(35)21-34(25-16-14-24(31)15-17-25)39(37,38)26-18-12-22(2)13-19-26/h7-19,27H,6,20-21H2,1-5H3,(H,32,36)/t27-/m1/s1. The fourth-order valence-electron chi connectivity index (χ4n) is 4.13. The van der Waals surface area contributed by atoms with E-state index in [4.69, 9.17) is 0 Å². The van der Waals surface area contributed by atoms with Crippen molar-refractivity contribution in [2.45, 2.75) is 64.1 Å². The minimum atomic E-state index is -4.20. The Kier molecular flexibility index (Phi) is 9.50. The molecule has 0 saturated heterocycles. The first-order chi connectivity index (χ1) is 18.3. The SMILES string of the molecule is CC[C@H](C(=O)NC(C)(C)C)N(Cc1ccccc1)C(=O)CN(c1ccc(F)cc1)S(=O)(=O)c1ccc(C)cc1. The Morgan fingerprint density at radius 2 is 1.51 bits per heavy atom. The highest BCUT2D eigenvalue weighted by atomic mass is 32.2. The maximum absolute atomic E-state index is 14.0. The number of aryl methyl sites for hydroxylation is 1. The van der Waals surface area contributed by atoms with E-state index in [2.05, 4.69) is 5.32 Å². The Bertz CT molecular complexity index is 1370. The third-order valence-corrected chi connectivity index (χ3v) is 7.87. The van der Waals surface area contributed by atoms with Crippen LogP contribution in [0.15, 0.2) is 83.8 Å². The lowest BCUT2D eigenvalue weighted by Crippen LogP contribution is -2.55. The van der Waals surface area contributed by atoms with Gasteiger partial charge in [0.15, 0.2) is 0 Å². The number of hydrogen-bond donors (Lipinski definition) is 1. The van der Waals surface area contributed by atoms with Crippen LogP contribution in [0.1, 0.15) is 45.2 Å². The van der Waals surface area contributed by atoms with Crippen molar-refractivity contribution < 1.29 is 22.4 Å². The summed E-state index contributed by atoms with van der Waals surface area (Å²) in [6.45, 7) is 8.74. The fraction of sp³-hybridized carbons (Fsp3) is 0.333. The number of amides is 2. The van der Waals surface area contributed by atoms with Gasteiger partial charge in [0.05, 0.1) is 10.6 Å². The van der Waals surface area contributed by atoms with Crippen LogP contribution in [0, 0.1) is 12.7 Å². The fourth-order valence-corrected chi connectivity index (χ4v) is 5.54. The lowest BCUT2D eigenvalue weighted by atomic mass is 10.1. The summed E-state index contributed by atoms with van der Waals surface area (Å²) in [5.41, 5.74) is 1.28. The Balaban J connectivity index is 2.05. The number of rotatable bonds is 10. The normalized spacial score (nSPS) is 12.5. The molecule has 39 heavy (non-hydrogen) atoms. The molecule has 3 rings (SSSR count). The first kappa shape index (κ1) is 29.8. The van der Waals surface area contributed by atoms with Gasteiger partial charge in [0, 0.05) is 12.1 Å². The number of anilines is 1. The van der Waals surface area contributed by atoms with Crippen LogP contribution in [0.2, 0.25) is 0 Å². The number of carbonyl (C=O) groups is 2. The maximum atomic E-state index is 14.0.